The molecular weight excluding hydrogens is 334 g/mol. The first-order valence-electron chi connectivity index (χ1n) is 7.26. The monoisotopic (exact) mass is 345 g/mol. The van der Waals surface area contributed by atoms with Gasteiger partial charge < -0.3 is 20.3 Å². The van der Waals surface area contributed by atoms with Crippen molar-refractivity contribution in [3.63, 3.8) is 0 Å². The number of hydrogen-bond acceptors (Lipinski definition) is 5. The lowest BCUT2D eigenvalue weighted by Gasteiger charge is -2.17. The molecular formula is C17H12ClNO5. The van der Waals surface area contributed by atoms with Crippen molar-refractivity contribution in [1.29, 1.82) is 0 Å². The van der Waals surface area contributed by atoms with Gasteiger partial charge in [-0.15, -0.1) is 0 Å². The first-order valence-corrected chi connectivity index (χ1v) is 7.64. The highest BCUT2D eigenvalue weighted by atomic mass is 35.5. The van der Waals surface area contributed by atoms with Crippen LogP contribution in [0.5, 0.6) is 5.75 Å². The number of ether oxygens (including phenoxy) is 1. The number of hydrogen-bond donors (Lipinski definition) is 3. The Morgan fingerprint density at radius 3 is 2.79 bits per heavy atom. The standard InChI is InChI=1S/C17H12ClNO5/c18-9-2-1-7-5-12(20)10(4-8(7)3-9)17(23)19-11-6-13(21)15-16(24-15)14(11)22/h1-6,14-16,20,22H,(H,19,23). The Balaban J connectivity index is 1.66. The van der Waals surface area contributed by atoms with Crippen LogP contribution >= 0.6 is 11.6 Å². The third-order valence-electron chi connectivity index (χ3n) is 4.15. The molecule has 0 radical (unpaired) electrons. The molecule has 24 heavy (non-hydrogen) atoms. The summed E-state index contributed by atoms with van der Waals surface area (Å²) in [6, 6.07) is 8.05. The van der Waals surface area contributed by atoms with Gasteiger partial charge in [-0.05, 0) is 35.0 Å². The molecule has 2 aromatic carbocycles. The number of epoxide rings is 1. The van der Waals surface area contributed by atoms with Gasteiger partial charge in [-0.3, -0.25) is 9.59 Å². The van der Waals surface area contributed by atoms with Gasteiger partial charge in [0.2, 0.25) is 0 Å². The zero-order valence-electron chi connectivity index (χ0n) is 12.2. The van der Waals surface area contributed by atoms with Crippen LogP contribution in [-0.4, -0.2) is 40.2 Å². The number of rotatable bonds is 2. The number of phenols is 1. The normalized spacial score (nSPS) is 25.2. The molecule has 0 spiro atoms. The summed E-state index contributed by atoms with van der Waals surface area (Å²) in [5.41, 5.74) is 0.0819. The third kappa shape index (κ3) is 2.45. The molecule has 1 amide bonds. The minimum atomic E-state index is -1.08. The van der Waals surface area contributed by atoms with Crippen molar-refractivity contribution in [3.8, 4) is 5.75 Å². The number of carbonyl (C=O) groups excluding carboxylic acids is 2. The number of aromatic hydroxyl groups is 1. The lowest BCUT2D eigenvalue weighted by atomic mass is 10.00. The molecule has 0 saturated carbocycles. The van der Waals surface area contributed by atoms with E-state index in [1.807, 2.05) is 0 Å². The summed E-state index contributed by atoms with van der Waals surface area (Å²) >= 11 is 5.95. The molecule has 3 atom stereocenters. The summed E-state index contributed by atoms with van der Waals surface area (Å²) < 4.78 is 5.05. The van der Waals surface area contributed by atoms with E-state index >= 15 is 0 Å². The fraction of sp³-hybridized carbons (Fsp3) is 0.176. The average molecular weight is 346 g/mol. The number of ketones is 1. The summed E-state index contributed by atoms with van der Waals surface area (Å²) in [6.45, 7) is 0. The molecule has 6 nitrogen and oxygen atoms in total. The van der Waals surface area contributed by atoms with Crippen LogP contribution in [0, 0.1) is 0 Å². The SMILES string of the molecule is O=C(NC1=CC(=O)C2OC2C1O)c1cc2cc(Cl)ccc2cc1O. The van der Waals surface area contributed by atoms with Crippen molar-refractivity contribution >= 4 is 34.1 Å². The fourth-order valence-electron chi connectivity index (χ4n) is 2.84. The molecule has 3 N–H and O–H groups in total. The van der Waals surface area contributed by atoms with Gasteiger partial charge in [-0.25, -0.2) is 0 Å². The van der Waals surface area contributed by atoms with Crippen LogP contribution in [0.25, 0.3) is 10.8 Å². The number of carbonyl (C=O) groups is 2. The van der Waals surface area contributed by atoms with E-state index in [1.54, 1.807) is 18.2 Å². The van der Waals surface area contributed by atoms with Crippen LogP contribution in [-0.2, 0) is 9.53 Å². The number of benzene rings is 2. The Labute approximate surface area is 141 Å². The first-order chi connectivity index (χ1) is 11.4. The predicted molar refractivity (Wildman–Crippen MR) is 85.8 cm³/mol. The molecule has 3 unspecified atom stereocenters. The van der Waals surface area contributed by atoms with E-state index in [-0.39, 0.29) is 22.8 Å². The number of aliphatic hydroxyl groups excluding tert-OH is 1. The van der Waals surface area contributed by atoms with E-state index in [2.05, 4.69) is 5.32 Å². The molecule has 2 aliphatic rings. The number of phenolic OH excluding ortho intramolecular Hbond substituents is 1. The number of amides is 1. The molecule has 0 aromatic heterocycles. The number of nitrogens with one attached hydrogen (secondary N) is 1. The molecule has 1 aliphatic heterocycles. The quantitative estimate of drug-likeness (QED) is 0.717. The van der Waals surface area contributed by atoms with Gasteiger partial charge >= 0.3 is 0 Å². The van der Waals surface area contributed by atoms with Crippen LogP contribution in [0.2, 0.25) is 5.02 Å². The Morgan fingerprint density at radius 1 is 1.21 bits per heavy atom. The van der Waals surface area contributed by atoms with Gasteiger partial charge in [0.05, 0.1) is 11.3 Å². The summed E-state index contributed by atoms with van der Waals surface area (Å²) in [6.07, 6.45) is -1.14. The van der Waals surface area contributed by atoms with Crippen LogP contribution in [0.1, 0.15) is 10.4 Å². The maximum atomic E-state index is 12.4. The van der Waals surface area contributed by atoms with E-state index in [0.717, 1.165) is 11.5 Å². The van der Waals surface area contributed by atoms with Crippen molar-refractivity contribution < 1.29 is 24.5 Å². The minimum Gasteiger partial charge on any atom is -0.507 e. The number of halogens is 1. The topological polar surface area (TPSA) is 99.2 Å². The lowest BCUT2D eigenvalue weighted by Crippen LogP contribution is -2.37. The molecule has 122 valence electrons. The zero-order chi connectivity index (χ0) is 17.0. The lowest BCUT2D eigenvalue weighted by molar-refractivity contribution is -0.116. The second-order valence-corrected chi connectivity index (χ2v) is 6.22. The second-order valence-electron chi connectivity index (χ2n) is 5.78. The molecule has 1 aliphatic carbocycles. The second kappa shape index (κ2) is 5.31. The Hall–Kier alpha value is -2.41. The first kappa shape index (κ1) is 15.1. The van der Waals surface area contributed by atoms with Gasteiger partial charge in [0.25, 0.3) is 5.91 Å². The third-order valence-corrected chi connectivity index (χ3v) is 4.39. The van der Waals surface area contributed by atoms with E-state index in [0.29, 0.717) is 10.4 Å². The van der Waals surface area contributed by atoms with Crippen molar-refractivity contribution in [3.05, 3.63) is 52.7 Å². The molecule has 0 bridgehead atoms. The minimum absolute atomic E-state index is 0.0177. The molecule has 1 heterocycles. The average Bonchev–Trinajstić information content (AvgIpc) is 3.33. The van der Waals surface area contributed by atoms with Crippen LogP contribution in [0.3, 0.4) is 0 Å². The molecule has 2 aromatic rings. The van der Waals surface area contributed by atoms with Crippen molar-refractivity contribution in [2.45, 2.75) is 18.3 Å². The van der Waals surface area contributed by atoms with Crippen LogP contribution in [0.15, 0.2) is 42.1 Å². The maximum absolute atomic E-state index is 12.4. The van der Waals surface area contributed by atoms with E-state index < -0.39 is 24.2 Å². The van der Waals surface area contributed by atoms with E-state index in [4.69, 9.17) is 16.3 Å². The smallest absolute Gasteiger partial charge is 0.259 e. The van der Waals surface area contributed by atoms with Crippen molar-refractivity contribution in [2.75, 3.05) is 0 Å². The van der Waals surface area contributed by atoms with Gasteiger partial charge in [0.1, 0.15) is 24.1 Å². The summed E-state index contributed by atoms with van der Waals surface area (Å²) in [5.74, 6) is -1.14. The molecule has 1 saturated heterocycles. The van der Waals surface area contributed by atoms with Crippen LogP contribution in [0.4, 0.5) is 0 Å². The van der Waals surface area contributed by atoms with Gasteiger partial charge in [0, 0.05) is 11.1 Å². The van der Waals surface area contributed by atoms with E-state index in [1.165, 1.54) is 12.1 Å². The number of aliphatic hydroxyl groups is 1. The van der Waals surface area contributed by atoms with Gasteiger partial charge in [0.15, 0.2) is 5.78 Å². The number of fused-ring (bicyclic) bond motifs is 2. The summed E-state index contributed by atoms with van der Waals surface area (Å²) in [5, 5.41) is 24.5. The molecule has 1 fully saturated rings. The highest BCUT2D eigenvalue weighted by molar-refractivity contribution is 6.31. The van der Waals surface area contributed by atoms with Gasteiger partial charge in [-0.1, -0.05) is 17.7 Å². The molecule has 7 heteroatoms. The fourth-order valence-corrected chi connectivity index (χ4v) is 3.02. The Kier molecular flexibility index (Phi) is 3.35. The highest BCUT2D eigenvalue weighted by Crippen LogP contribution is 2.34. The van der Waals surface area contributed by atoms with E-state index in [9.17, 15) is 19.8 Å². The molecule has 4 rings (SSSR count). The van der Waals surface area contributed by atoms with Crippen molar-refractivity contribution in [2.24, 2.45) is 0 Å². The summed E-state index contributed by atoms with van der Waals surface area (Å²) in [4.78, 5) is 24.1. The van der Waals surface area contributed by atoms with Crippen LogP contribution < -0.4 is 5.32 Å². The Bertz CT molecular complexity index is 923. The largest absolute Gasteiger partial charge is 0.507 e. The zero-order valence-corrected chi connectivity index (χ0v) is 12.9. The maximum Gasteiger partial charge on any atom is 0.259 e. The Morgan fingerprint density at radius 2 is 2.00 bits per heavy atom. The highest BCUT2D eigenvalue weighted by Gasteiger charge is 2.53. The predicted octanol–water partition coefficient (Wildman–Crippen LogP) is 1.52. The summed E-state index contributed by atoms with van der Waals surface area (Å²) in [7, 11) is 0. The van der Waals surface area contributed by atoms with Gasteiger partial charge in [-0.2, -0.15) is 0 Å². The van der Waals surface area contributed by atoms with Crippen molar-refractivity contribution in [1.82, 2.24) is 5.32 Å².